The molecule has 0 N–H and O–H groups in total. The summed E-state index contributed by atoms with van der Waals surface area (Å²) in [6, 6.07) is 0. The third kappa shape index (κ3) is 2.98. The lowest BCUT2D eigenvalue weighted by molar-refractivity contribution is -0.138. The first-order chi connectivity index (χ1) is 9.54. The van der Waals surface area contributed by atoms with Crippen molar-refractivity contribution in [2.75, 3.05) is 6.61 Å². The average Bonchev–Trinajstić information content (AvgIpc) is 2.44. The summed E-state index contributed by atoms with van der Waals surface area (Å²) in [5.41, 5.74) is 2.04. The minimum atomic E-state index is -0.321. The van der Waals surface area contributed by atoms with Crippen LogP contribution in [0.1, 0.15) is 39.5 Å². The number of terminal acetylenes is 1. The van der Waals surface area contributed by atoms with Gasteiger partial charge in [-0.05, 0) is 56.3 Å². The number of allylic oxidation sites excluding steroid dienone is 2. The van der Waals surface area contributed by atoms with Gasteiger partial charge in [0.1, 0.15) is 0 Å². The molecule has 0 aromatic carbocycles. The summed E-state index contributed by atoms with van der Waals surface area (Å²) in [7, 11) is 0. The number of hydrogen-bond donors (Lipinski definition) is 0. The molecule has 2 aliphatic rings. The van der Waals surface area contributed by atoms with Crippen LogP contribution in [0.5, 0.6) is 0 Å². The van der Waals surface area contributed by atoms with Gasteiger partial charge in [0.25, 0.3) is 0 Å². The van der Waals surface area contributed by atoms with Crippen LogP contribution >= 0.6 is 0 Å². The Hall–Kier alpha value is -1.49. The van der Waals surface area contributed by atoms with E-state index in [9.17, 15) is 4.79 Å². The van der Waals surface area contributed by atoms with Gasteiger partial charge < -0.3 is 4.74 Å². The number of carbonyl (C=O) groups is 1. The van der Waals surface area contributed by atoms with E-state index in [1.165, 1.54) is 24.8 Å². The average molecular weight is 272 g/mol. The summed E-state index contributed by atoms with van der Waals surface area (Å²) in [5, 5.41) is 0. The Bertz CT molecular complexity index is 466. The van der Waals surface area contributed by atoms with Crippen molar-refractivity contribution in [3.05, 3.63) is 23.8 Å². The van der Waals surface area contributed by atoms with Gasteiger partial charge in [-0.3, -0.25) is 0 Å². The SMILES string of the molecule is C#CCOC(=O)C(=C)[C@@H]1CC[C@@H](C)[C@@H]2CCC(C)=C[C@@H]21. The lowest BCUT2D eigenvalue weighted by Crippen LogP contribution is -2.36. The fraction of sp³-hybridized carbons (Fsp3) is 0.611. The van der Waals surface area contributed by atoms with Gasteiger partial charge in [0.05, 0.1) is 0 Å². The molecule has 0 amide bonds. The predicted molar refractivity (Wildman–Crippen MR) is 80.8 cm³/mol. The third-order valence-corrected chi connectivity index (χ3v) is 4.97. The summed E-state index contributed by atoms with van der Waals surface area (Å²) in [5.74, 6) is 4.08. The van der Waals surface area contributed by atoms with Crippen LogP contribution in [0.3, 0.4) is 0 Å². The molecule has 0 bridgehead atoms. The van der Waals surface area contributed by atoms with E-state index in [0.29, 0.717) is 17.4 Å². The van der Waals surface area contributed by atoms with Crippen molar-refractivity contribution in [3.63, 3.8) is 0 Å². The second-order valence-corrected chi connectivity index (χ2v) is 6.26. The van der Waals surface area contributed by atoms with Gasteiger partial charge in [0.15, 0.2) is 6.61 Å². The van der Waals surface area contributed by atoms with Crippen molar-refractivity contribution in [2.24, 2.45) is 23.7 Å². The minimum Gasteiger partial charge on any atom is -0.449 e. The topological polar surface area (TPSA) is 26.3 Å². The van der Waals surface area contributed by atoms with E-state index in [1.54, 1.807) is 0 Å². The van der Waals surface area contributed by atoms with Gasteiger partial charge in [-0.15, -0.1) is 6.42 Å². The number of carbonyl (C=O) groups excluding carboxylic acids is 1. The Labute approximate surface area is 122 Å². The van der Waals surface area contributed by atoms with Crippen molar-refractivity contribution in [1.82, 2.24) is 0 Å². The van der Waals surface area contributed by atoms with Gasteiger partial charge in [-0.2, -0.15) is 0 Å². The van der Waals surface area contributed by atoms with Crippen molar-refractivity contribution in [3.8, 4) is 12.3 Å². The van der Waals surface area contributed by atoms with Crippen molar-refractivity contribution >= 4 is 5.97 Å². The maximum absolute atomic E-state index is 12.0. The van der Waals surface area contributed by atoms with Crippen LogP contribution in [-0.2, 0) is 9.53 Å². The van der Waals surface area contributed by atoms with Crippen molar-refractivity contribution in [1.29, 1.82) is 0 Å². The monoisotopic (exact) mass is 272 g/mol. The largest absolute Gasteiger partial charge is 0.449 e. The molecule has 108 valence electrons. The second kappa shape index (κ2) is 6.31. The van der Waals surface area contributed by atoms with Crippen molar-refractivity contribution in [2.45, 2.75) is 39.5 Å². The summed E-state index contributed by atoms with van der Waals surface area (Å²) in [6.45, 7) is 8.55. The molecule has 1 saturated carbocycles. The van der Waals surface area contributed by atoms with Crippen LogP contribution in [0.25, 0.3) is 0 Å². The molecule has 0 saturated heterocycles. The molecule has 1 fully saturated rings. The van der Waals surface area contributed by atoms with E-state index in [-0.39, 0.29) is 18.5 Å². The Morgan fingerprint density at radius 1 is 1.50 bits per heavy atom. The van der Waals surface area contributed by atoms with Gasteiger partial charge in [-0.1, -0.05) is 31.1 Å². The van der Waals surface area contributed by atoms with Crippen LogP contribution in [0.4, 0.5) is 0 Å². The zero-order chi connectivity index (χ0) is 14.7. The Morgan fingerprint density at radius 2 is 2.25 bits per heavy atom. The van der Waals surface area contributed by atoms with E-state index in [1.807, 2.05) is 0 Å². The Balaban J connectivity index is 2.14. The molecular weight excluding hydrogens is 248 g/mol. The lowest BCUT2D eigenvalue weighted by Gasteiger charge is -2.43. The number of fused-ring (bicyclic) bond motifs is 1. The summed E-state index contributed by atoms with van der Waals surface area (Å²) in [4.78, 5) is 12.0. The highest BCUT2D eigenvalue weighted by Gasteiger charge is 2.40. The zero-order valence-corrected chi connectivity index (χ0v) is 12.5. The first-order valence-corrected chi connectivity index (χ1v) is 7.51. The zero-order valence-electron chi connectivity index (χ0n) is 12.5. The van der Waals surface area contributed by atoms with E-state index in [2.05, 4.69) is 32.4 Å². The quantitative estimate of drug-likeness (QED) is 0.338. The maximum Gasteiger partial charge on any atom is 0.334 e. The maximum atomic E-state index is 12.0. The second-order valence-electron chi connectivity index (χ2n) is 6.26. The number of esters is 1. The van der Waals surface area contributed by atoms with Gasteiger partial charge in [-0.25, -0.2) is 4.79 Å². The summed E-state index contributed by atoms with van der Waals surface area (Å²) >= 11 is 0. The van der Waals surface area contributed by atoms with E-state index in [4.69, 9.17) is 11.2 Å². The molecular formula is C18H24O2. The van der Waals surface area contributed by atoms with E-state index < -0.39 is 0 Å². The molecule has 0 spiro atoms. The minimum absolute atomic E-state index is 0.0317. The normalized spacial score (nSPS) is 32.5. The van der Waals surface area contributed by atoms with Crippen LogP contribution in [-0.4, -0.2) is 12.6 Å². The first-order valence-electron chi connectivity index (χ1n) is 7.51. The molecule has 2 nitrogen and oxygen atoms in total. The summed E-state index contributed by atoms with van der Waals surface area (Å²) < 4.78 is 5.04. The van der Waals surface area contributed by atoms with E-state index >= 15 is 0 Å². The molecule has 0 heterocycles. The highest BCUT2D eigenvalue weighted by molar-refractivity contribution is 5.88. The third-order valence-electron chi connectivity index (χ3n) is 4.97. The molecule has 0 aliphatic heterocycles. The standard InChI is InChI=1S/C18H24O2/c1-5-10-20-18(19)14(4)16-9-7-13(3)15-8-6-12(2)11-17(15)16/h1,11,13,15-17H,4,6-10H2,2-3H3/t13-,15+,16+,17+/m1/s1. The molecule has 0 aromatic heterocycles. The van der Waals surface area contributed by atoms with Gasteiger partial charge >= 0.3 is 5.97 Å². The molecule has 0 radical (unpaired) electrons. The fourth-order valence-electron chi connectivity index (χ4n) is 3.81. The molecule has 2 aliphatic carbocycles. The van der Waals surface area contributed by atoms with Crippen LogP contribution < -0.4 is 0 Å². The predicted octanol–water partition coefficient (Wildman–Crippen LogP) is 3.74. The molecule has 2 heteroatoms. The Kier molecular flexibility index (Phi) is 4.70. The molecule has 0 unspecified atom stereocenters. The number of hydrogen-bond acceptors (Lipinski definition) is 2. The fourth-order valence-corrected chi connectivity index (χ4v) is 3.81. The smallest absolute Gasteiger partial charge is 0.334 e. The highest BCUT2D eigenvalue weighted by atomic mass is 16.5. The highest BCUT2D eigenvalue weighted by Crippen LogP contribution is 2.47. The number of ether oxygens (including phenoxy) is 1. The van der Waals surface area contributed by atoms with Crippen LogP contribution in [0, 0.1) is 36.0 Å². The first kappa shape index (κ1) is 14.9. The van der Waals surface area contributed by atoms with Crippen LogP contribution in [0.15, 0.2) is 23.8 Å². The van der Waals surface area contributed by atoms with Crippen molar-refractivity contribution < 1.29 is 9.53 Å². The molecule has 20 heavy (non-hydrogen) atoms. The lowest BCUT2D eigenvalue weighted by atomic mass is 9.61. The summed E-state index contributed by atoms with van der Waals surface area (Å²) in [6.07, 6.45) is 12.1. The molecule has 4 atom stereocenters. The number of rotatable bonds is 3. The Morgan fingerprint density at radius 3 is 2.95 bits per heavy atom. The van der Waals surface area contributed by atoms with Gasteiger partial charge in [0.2, 0.25) is 0 Å². The van der Waals surface area contributed by atoms with Gasteiger partial charge in [0, 0.05) is 5.57 Å². The molecule has 0 aromatic rings. The van der Waals surface area contributed by atoms with E-state index in [0.717, 1.165) is 12.3 Å². The van der Waals surface area contributed by atoms with Crippen LogP contribution in [0.2, 0.25) is 0 Å². The molecule has 2 rings (SSSR count).